The van der Waals surface area contributed by atoms with Gasteiger partial charge in [-0.2, -0.15) is 0 Å². The third-order valence-corrected chi connectivity index (χ3v) is 8.30. The number of hydrogen-bond acceptors (Lipinski definition) is 3. The number of carbonyl (C=O) groups excluding carboxylic acids is 1. The second-order valence-corrected chi connectivity index (χ2v) is 10.2. The molecule has 0 spiro atoms. The third kappa shape index (κ3) is 3.63. The molecule has 4 aliphatic rings. The number of carbonyl (C=O) groups is 1. The Balaban J connectivity index is 1.29. The van der Waals surface area contributed by atoms with Crippen LogP contribution in [0, 0.1) is 17.3 Å². The van der Waals surface area contributed by atoms with Crippen molar-refractivity contribution in [1.82, 2.24) is 9.80 Å². The van der Waals surface area contributed by atoms with E-state index in [0.717, 1.165) is 25.9 Å². The van der Waals surface area contributed by atoms with E-state index in [2.05, 4.69) is 40.1 Å². The van der Waals surface area contributed by atoms with E-state index in [0.29, 0.717) is 36.4 Å². The smallest absolute Gasteiger partial charge is 0.231 e. The predicted molar refractivity (Wildman–Crippen MR) is 115 cm³/mol. The highest BCUT2D eigenvalue weighted by Crippen LogP contribution is 2.45. The van der Waals surface area contributed by atoms with Crippen LogP contribution in [-0.4, -0.2) is 61.1 Å². The molecule has 4 fully saturated rings. The van der Waals surface area contributed by atoms with Crippen LogP contribution in [0.3, 0.4) is 0 Å². The van der Waals surface area contributed by atoms with E-state index in [4.69, 9.17) is 4.74 Å². The molecule has 3 saturated heterocycles. The molecule has 2 bridgehead atoms. The maximum Gasteiger partial charge on any atom is 0.231 e. The molecule has 1 aromatic rings. The molecule has 4 nitrogen and oxygen atoms in total. The highest BCUT2D eigenvalue weighted by atomic mass is 16.5. The highest BCUT2D eigenvalue weighted by Gasteiger charge is 2.50. The number of nitrogens with zero attached hydrogens (tertiary/aromatic N) is 2. The van der Waals surface area contributed by atoms with Crippen LogP contribution < -0.4 is 0 Å². The first-order chi connectivity index (χ1) is 14.2. The molecule has 1 aromatic carbocycles. The van der Waals surface area contributed by atoms with Crippen LogP contribution in [0.5, 0.6) is 0 Å². The molecule has 5 rings (SSSR count). The van der Waals surface area contributed by atoms with E-state index in [1.807, 2.05) is 0 Å². The van der Waals surface area contributed by atoms with Gasteiger partial charge in [-0.1, -0.05) is 43.2 Å². The summed E-state index contributed by atoms with van der Waals surface area (Å²) in [6, 6.07) is 12.4. The van der Waals surface area contributed by atoms with Gasteiger partial charge in [0.05, 0.1) is 12.0 Å². The van der Waals surface area contributed by atoms with Gasteiger partial charge in [-0.05, 0) is 55.9 Å². The normalized spacial score (nSPS) is 33.6. The highest BCUT2D eigenvalue weighted by molar-refractivity contribution is 5.84. The van der Waals surface area contributed by atoms with Gasteiger partial charge in [0, 0.05) is 38.8 Å². The molecule has 0 radical (unpaired) electrons. The zero-order valence-corrected chi connectivity index (χ0v) is 17.9. The Morgan fingerprint density at radius 1 is 1.10 bits per heavy atom. The Morgan fingerprint density at radius 3 is 2.66 bits per heavy atom. The average Bonchev–Trinajstić information content (AvgIpc) is 2.71. The standard InChI is InChI=1S/C25H36N2O2/c1-29-18-25(11-6-12-25)24(28)26-15-20-13-21(17-26)23-10-5-9-22(27(23)16-20)14-19-7-3-2-4-8-19/h2-4,7-8,20-23H,5-6,9-18H2,1H3/t20-,21+,22+,23-/m0/s1. The lowest BCUT2D eigenvalue weighted by atomic mass is 9.67. The number of hydrogen-bond donors (Lipinski definition) is 0. The molecule has 1 aliphatic carbocycles. The molecule has 4 heteroatoms. The van der Waals surface area contributed by atoms with Crippen molar-refractivity contribution in [1.29, 1.82) is 0 Å². The number of benzene rings is 1. The fourth-order valence-corrected chi connectivity index (χ4v) is 6.82. The Labute approximate surface area is 175 Å². The van der Waals surface area contributed by atoms with E-state index < -0.39 is 0 Å². The topological polar surface area (TPSA) is 32.8 Å². The fraction of sp³-hybridized carbons (Fsp3) is 0.720. The molecule has 3 aliphatic heterocycles. The van der Waals surface area contributed by atoms with Gasteiger partial charge in [0.2, 0.25) is 5.91 Å². The van der Waals surface area contributed by atoms with Crippen molar-refractivity contribution >= 4 is 5.91 Å². The zero-order chi connectivity index (χ0) is 19.8. The number of rotatable bonds is 5. The molecule has 158 valence electrons. The largest absolute Gasteiger partial charge is 0.384 e. The molecule has 29 heavy (non-hydrogen) atoms. The first-order valence-corrected chi connectivity index (χ1v) is 11.8. The summed E-state index contributed by atoms with van der Waals surface area (Å²) >= 11 is 0. The summed E-state index contributed by atoms with van der Waals surface area (Å²) in [5.41, 5.74) is 1.26. The maximum absolute atomic E-state index is 13.4. The van der Waals surface area contributed by atoms with Gasteiger partial charge in [0.1, 0.15) is 0 Å². The second-order valence-electron chi connectivity index (χ2n) is 10.2. The summed E-state index contributed by atoms with van der Waals surface area (Å²) < 4.78 is 5.46. The van der Waals surface area contributed by atoms with Crippen LogP contribution >= 0.6 is 0 Å². The van der Waals surface area contributed by atoms with E-state index in [1.54, 1.807) is 7.11 Å². The summed E-state index contributed by atoms with van der Waals surface area (Å²) in [4.78, 5) is 18.5. The fourth-order valence-electron chi connectivity index (χ4n) is 6.82. The lowest BCUT2D eigenvalue weighted by molar-refractivity contribution is -0.159. The van der Waals surface area contributed by atoms with Gasteiger partial charge in [0.25, 0.3) is 0 Å². The SMILES string of the molecule is COCC1(C(=O)N2C[C@@H]3C[C@H](C2)[C@@H]2CCC[C@H](Cc4ccccc4)N2C3)CCC1. The molecular formula is C25H36N2O2. The van der Waals surface area contributed by atoms with Crippen LogP contribution in [0.2, 0.25) is 0 Å². The van der Waals surface area contributed by atoms with Crippen molar-refractivity contribution in [3.05, 3.63) is 35.9 Å². The molecular weight excluding hydrogens is 360 g/mol. The lowest BCUT2D eigenvalue weighted by Gasteiger charge is -2.56. The zero-order valence-electron chi connectivity index (χ0n) is 17.9. The van der Waals surface area contributed by atoms with Gasteiger partial charge < -0.3 is 9.64 Å². The van der Waals surface area contributed by atoms with Gasteiger partial charge in [-0.3, -0.25) is 9.69 Å². The average molecular weight is 397 g/mol. The van der Waals surface area contributed by atoms with Gasteiger partial charge >= 0.3 is 0 Å². The van der Waals surface area contributed by atoms with Crippen LogP contribution in [0.25, 0.3) is 0 Å². The number of likely N-dealkylation sites (tertiary alicyclic amines) is 1. The second kappa shape index (κ2) is 8.03. The maximum atomic E-state index is 13.4. The minimum Gasteiger partial charge on any atom is -0.384 e. The minimum absolute atomic E-state index is 0.206. The van der Waals surface area contributed by atoms with E-state index in [9.17, 15) is 4.79 Å². The van der Waals surface area contributed by atoms with Crippen LogP contribution in [-0.2, 0) is 16.0 Å². The quantitative estimate of drug-likeness (QED) is 0.760. The number of methoxy groups -OCH3 is 1. The third-order valence-electron chi connectivity index (χ3n) is 8.30. The summed E-state index contributed by atoms with van der Waals surface area (Å²) in [5, 5.41) is 0. The summed E-state index contributed by atoms with van der Waals surface area (Å²) in [7, 11) is 1.74. The number of fused-ring (bicyclic) bond motifs is 4. The van der Waals surface area contributed by atoms with Crippen LogP contribution in [0.1, 0.15) is 50.5 Å². The first kappa shape index (κ1) is 19.6. The summed E-state index contributed by atoms with van der Waals surface area (Å²) in [6.45, 7) is 3.72. The summed E-state index contributed by atoms with van der Waals surface area (Å²) in [5.74, 6) is 1.69. The molecule has 0 aromatic heterocycles. The minimum atomic E-state index is -0.206. The molecule has 0 N–H and O–H groups in total. The molecule has 1 amide bonds. The van der Waals surface area contributed by atoms with E-state index in [-0.39, 0.29) is 5.41 Å². The van der Waals surface area contributed by atoms with E-state index >= 15 is 0 Å². The van der Waals surface area contributed by atoms with Crippen molar-refractivity contribution in [2.45, 2.75) is 63.5 Å². The van der Waals surface area contributed by atoms with Crippen LogP contribution in [0.15, 0.2) is 30.3 Å². The molecule has 3 heterocycles. The Kier molecular flexibility index (Phi) is 5.42. The van der Waals surface area contributed by atoms with Crippen molar-refractivity contribution in [2.24, 2.45) is 17.3 Å². The number of piperidine rings is 3. The van der Waals surface area contributed by atoms with Gasteiger partial charge in [-0.25, -0.2) is 0 Å². The van der Waals surface area contributed by atoms with Gasteiger partial charge in [-0.15, -0.1) is 0 Å². The summed E-state index contributed by atoms with van der Waals surface area (Å²) in [6.07, 6.45) is 9.67. The Morgan fingerprint density at radius 2 is 1.93 bits per heavy atom. The van der Waals surface area contributed by atoms with Crippen molar-refractivity contribution in [2.75, 3.05) is 33.4 Å². The Bertz CT molecular complexity index is 717. The molecule has 0 unspecified atom stereocenters. The van der Waals surface area contributed by atoms with Crippen molar-refractivity contribution < 1.29 is 9.53 Å². The van der Waals surface area contributed by atoms with Gasteiger partial charge in [0.15, 0.2) is 0 Å². The lowest BCUT2D eigenvalue weighted by Crippen LogP contribution is -2.64. The van der Waals surface area contributed by atoms with Crippen molar-refractivity contribution in [3.8, 4) is 0 Å². The van der Waals surface area contributed by atoms with Crippen molar-refractivity contribution in [3.63, 3.8) is 0 Å². The number of amides is 1. The predicted octanol–water partition coefficient (Wildman–Crippen LogP) is 3.75. The number of ether oxygens (including phenoxy) is 1. The monoisotopic (exact) mass is 396 g/mol. The van der Waals surface area contributed by atoms with E-state index in [1.165, 1.54) is 50.6 Å². The molecule has 1 saturated carbocycles. The Hall–Kier alpha value is -1.39. The molecule has 4 atom stereocenters. The first-order valence-electron chi connectivity index (χ1n) is 11.8. The van der Waals surface area contributed by atoms with Crippen LogP contribution in [0.4, 0.5) is 0 Å².